The zero-order valence-corrected chi connectivity index (χ0v) is 23.3. The Morgan fingerprint density at radius 1 is 1.34 bits per heavy atom. The number of allylic oxidation sites excluding steroid dienone is 1. The molecular weight excluding hydrogens is 527 g/mol. The number of amides is 1. The molecule has 1 aliphatic rings. The third kappa shape index (κ3) is 6.44. The first-order valence-electron chi connectivity index (χ1n) is 12.5. The average Bonchev–Trinajstić information content (AvgIpc) is 3.44. The molecule has 0 fully saturated rings. The molecule has 2 heterocycles. The molecule has 2 aromatic heterocycles. The summed E-state index contributed by atoms with van der Waals surface area (Å²) in [5.41, 5.74) is 1.49. The summed E-state index contributed by atoms with van der Waals surface area (Å²) in [6.07, 6.45) is 3.94. The summed E-state index contributed by atoms with van der Waals surface area (Å²) < 4.78 is 26.3. The Hall–Kier alpha value is -3.18. The van der Waals surface area contributed by atoms with E-state index in [9.17, 15) is 14.0 Å². The number of nitrogens with zero attached hydrogens (tertiary/aromatic N) is 3. The molecule has 1 aliphatic carbocycles. The molecular formula is C27H31FN4O4S2. The summed E-state index contributed by atoms with van der Waals surface area (Å²) in [6, 6.07) is 5.75. The molecule has 4 rings (SSSR count). The maximum Gasteiger partial charge on any atom is 0.341 e. The average molecular weight is 559 g/mol. The van der Waals surface area contributed by atoms with Crippen LogP contribution in [0.4, 0.5) is 9.39 Å². The van der Waals surface area contributed by atoms with Crippen LogP contribution >= 0.6 is 23.1 Å². The molecule has 11 heteroatoms. The minimum atomic E-state index is -0.469. The lowest BCUT2D eigenvalue weighted by atomic mass is 9.88. The van der Waals surface area contributed by atoms with Gasteiger partial charge in [0.05, 0.1) is 17.9 Å². The van der Waals surface area contributed by atoms with Gasteiger partial charge in [-0.15, -0.1) is 28.1 Å². The van der Waals surface area contributed by atoms with E-state index in [4.69, 9.17) is 9.47 Å². The van der Waals surface area contributed by atoms with Crippen LogP contribution in [0.5, 0.6) is 5.75 Å². The van der Waals surface area contributed by atoms with Crippen molar-refractivity contribution in [3.63, 3.8) is 0 Å². The van der Waals surface area contributed by atoms with E-state index in [1.165, 1.54) is 35.2 Å². The van der Waals surface area contributed by atoms with Crippen molar-refractivity contribution in [3.8, 4) is 5.75 Å². The van der Waals surface area contributed by atoms with Gasteiger partial charge in [0.25, 0.3) is 0 Å². The molecule has 202 valence electrons. The third-order valence-corrected chi connectivity index (χ3v) is 8.26. The highest BCUT2D eigenvalue weighted by atomic mass is 32.2. The molecule has 2 unspecified atom stereocenters. The Labute approximate surface area is 229 Å². The number of anilines is 1. The predicted molar refractivity (Wildman–Crippen MR) is 146 cm³/mol. The first kappa shape index (κ1) is 27.8. The Balaban J connectivity index is 1.46. The number of carbonyl (C=O) groups is 2. The summed E-state index contributed by atoms with van der Waals surface area (Å²) in [6.45, 7) is 10.3. The van der Waals surface area contributed by atoms with Crippen LogP contribution in [-0.2, 0) is 28.9 Å². The van der Waals surface area contributed by atoms with Gasteiger partial charge in [-0.05, 0) is 68.9 Å². The minimum Gasteiger partial charge on any atom is -0.483 e. The number of thiophene rings is 1. The van der Waals surface area contributed by atoms with Gasteiger partial charge in [-0.2, -0.15) is 0 Å². The highest BCUT2D eigenvalue weighted by Gasteiger charge is 2.29. The maximum atomic E-state index is 13.2. The molecule has 2 atom stereocenters. The molecule has 0 saturated carbocycles. The van der Waals surface area contributed by atoms with E-state index in [-0.39, 0.29) is 24.1 Å². The van der Waals surface area contributed by atoms with E-state index in [2.05, 4.69) is 29.0 Å². The molecule has 8 nitrogen and oxygen atoms in total. The van der Waals surface area contributed by atoms with E-state index in [0.29, 0.717) is 39.8 Å². The molecule has 0 bridgehead atoms. The fourth-order valence-electron chi connectivity index (χ4n) is 4.33. The van der Waals surface area contributed by atoms with Crippen molar-refractivity contribution in [2.45, 2.75) is 57.8 Å². The highest BCUT2D eigenvalue weighted by Crippen LogP contribution is 2.40. The fraction of sp³-hybridized carbons (Fsp3) is 0.407. The van der Waals surface area contributed by atoms with E-state index in [0.717, 1.165) is 29.7 Å². The third-order valence-electron chi connectivity index (χ3n) is 6.12. The van der Waals surface area contributed by atoms with Gasteiger partial charge < -0.3 is 14.8 Å². The van der Waals surface area contributed by atoms with Crippen molar-refractivity contribution in [2.75, 3.05) is 17.7 Å². The number of hydrogen-bond acceptors (Lipinski definition) is 8. The van der Waals surface area contributed by atoms with Crippen molar-refractivity contribution in [2.24, 2.45) is 5.92 Å². The summed E-state index contributed by atoms with van der Waals surface area (Å²) in [7, 11) is 0. The monoisotopic (exact) mass is 558 g/mol. The SMILES string of the molecule is C=CCn1c(SCC(=O)Nc2sc3c(c2C(=O)OCC)CCC(C)C3)nnc1C(C)Oc1ccc(F)cc1. The van der Waals surface area contributed by atoms with Gasteiger partial charge in [0.1, 0.15) is 16.6 Å². The number of nitrogens with one attached hydrogen (secondary N) is 1. The number of esters is 1. The van der Waals surface area contributed by atoms with Crippen molar-refractivity contribution in [1.82, 2.24) is 14.8 Å². The normalized spacial score (nSPS) is 15.4. The van der Waals surface area contributed by atoms with E-state index in [1.54, 1.807) is 25.1 Å². The second kappa shape index (κ2) is 12.6. The zero-order chi connectivity index (χ0) is 27.2. The van der Waals surface area contributed by atoms with Crippen LogP contribution in [-0.4, -0.2) is 39.0 Å². The van der Waals surface area contributed by atoms with Crippen LogP contribution in [0, 0.1) is 11.7 Å². The quantitative estimate of drug-likeness (QED) is 0.180. The Bertz CT molecular complexity index is 1310. The van der Waals surface area contributed by atoms with Crippen LogP contribution in [0.25, 0.3) is 0 Å². The highest BCUT2D eigenvalue weighted by molar-refractivity contribution is 7.99. The minimum absolute atomic E-state index is 0.0731. The number of hydrogen-bond donors (Lipinski definition) is 1. The smallest absolute Gasteiger partial charge is 0.341 e. The predicted octanol–water partition coefficient (Wildman–Crippen LogP) is 5.84. The number of benzene rings is 1. The van der Waals surface area contributed by atoms with Crippen LogP contribution in [0.15, 0.2) is 42.1 Å². The number of aromatic nitrogens is 3. The van der Waals surface area contributed by atoms with Gasteiger partial charge >= 0.3 is 5.97 Å². The molecule has 0 saturated heterocycles. The van der Waals surface area contributed by atoms with Crippen LogP contribution in [0.3, 0.4) is 0 Å². The molecule has 3 aromatic rings. The molecule has 1 amide bonds. The van der Waals surface area contributed by atoms with Crippen LogP contribution in [0.2, 0.25) is 0 Å². The molecule has 1 aromatic carbocycles. The van der Waals surface area contributed by atoms with E-state index >= 15 is 0 Å². The van der Waals surface area contributed by atoms with Gasteiger partial charge in [-0.3, -0.25) is 9.36 Å². The summed E-state index contributed by atoms with van der Waals surface area (Å²) >= 11 is 2.70. The first-order chi connectivity index (χ1) is 18.3. The fourth-order valence-corrected chi connectivity index (χ4v) is 6.50. The second-order valence-corrected chi connectivity index (χ2v) is 11.1. The second-order valence-electron chi connectivity index (χ2n) is 9.07. The van der Waals surface area contributed by atoms with Crippen molar-refractivity contribution in [3.05, 3.63) is 64.6 Å². The van der Waals surface area contributed by atoms with Crippen LogP contribution < -0.4 is 10.1 Å². The lowest BCUT2D eigenvalue weighted by molar-refractivity contribution is -0.113. The van der Waals surface area contributed by atoms with Gasteiger partial charge in [0.2, 0.25) is 5.91 Å². The lowest BCUT2D eigenvalue weighted by Crippen LogP contribution is -2.18. The molecule has 1 N–H and O–H groups in total. The number of ether oxygens (including phenoxy) is 2. The Kier molecular flexibility index (Phi) is 9.22. The van der Waals surface area contributed by atoms with Crippen LogP contribution in [0.1, 0.15) is 59.9 Å². The van der Waals surface area contributed by atoms with Gasteiger partial charge in [-0.25, -0.2) is 9.18 Å². The van der Waals surface area contributed by atoms with E-state index in [1.807, 2.05) is 11.5 Å². The molecule has 0 radical (unpaired) electrons. The first-order valence-corrected chi connectivity index (χ1v) is 14.3. The standard InChI is InChI=1S/C27H31FN4O4S2/c1-5-13-32-24(17(4)36-19-10-8-18(28)9-11-19)30-31-27(32)37-15-22(33)29-25-23(26(34)35-6-2)20-12-7-16(3)14-21(20)38-25/h5,8-11,16-17H,1,6-7,12-15H2,2-4H3,(H,29,33). The summed E-state index contributed by atoms with van der Waals surface area (Å²) in [5.74, 6) is 0.681. The topological polar surface area (TPSA) is 95.3 Å². The number of thioether (sulfide) groups is 1. The Morgan fingerprint density at radius 3 is 2.82 bits per heavy atom. The molecule has 0 spiro atoms. The van der Waals surface area contributed by atoms with Crippen molar-refractivity contribution < 1.29 is 23.5 Å². The number of halogens is 1. The largest absolute Gasteiger partial charge is 0.483 e. The van der Waals surface area contributed by atoms with Crippen molar-refractivity contribution in [1.29, 1.82) is 0 Å². The number of carbonyl (C=O) groups excluding carboxylic acids is 2. The van der Waals surface area contributed by atoms with Gasteiger partial charge in [-0.1, -0.05) is 24.8 Å². The zero-order valence-electron chi connectivity index (χ0n) is 21.7. The summed E-state index contributed by atoms with van der Waals surface area (Å²) in [5, 5.41) is 12.5. The summed E-state index contributed by atoms with van der Waals surface area (Å²) in [4.78, 5) is 26.8. The van der Waals surface area contributed by atoms with Gasteiger partial charge in [0, 0.05) is 11.4 Å². The van der Waals surface area contributed by atoms with E-state index < -0.39 is 12.1 Å². The van der Waals surface area contributed by atoms with Crippen molar-refractivity contribution >= 4 is 40.0 Å². The van der Waals surface area contributed by atoms with Gasteiger partial charge in [0.15, 0.2) is 17.1 Å². The Morgan fingerprint density at radius 2 is 2.11 bits per heavy atom. The molecule has 0 aliphatic heterocycles. The number of rotatable bonds is 11. The maximum absolute atomic E-state index is 13.2. The molecule has 38 heavy (non-hydrogen) atoms. The lowest BCUT2D eigenvalue weighted by Gasteiger charge is -2.18. The number of fused-ring (bicyclic) bond motifs is 1.